The van der Waals surface area contributed by atoms with E-state index in [0.717, 1.165) is 33.4 Å². The SMILES string of the molecule is COc1ccc(-c2noc(C3CN(C(=O)Cc4coc5cc(C)ccc45)CCO3)n2)cc1. The topological polar surface area (TPSA) is 90.8 Å². The Bertz CT molecular complexity index is 1240. The van der Waals surface area contributed by atoms with Crippen molar-refractivity contribution in [2.24, 2.45) is 0 Å². The van der Waals surface area contributed by atoms with Crippen molar-refractivity contribution in [1.82, 2.24) is 15.0 Å². The fourth-order valence-electron chi connectivity index (χ4n) is 3.85. The van der Waals surface area contributed by atoms with E-state index in [9.17, 15) is 4.79 Å². The Morgan fingerprint density at radius 3 is 2.88 bits per heavy atom. The van der Waals surface area contributed by atoms with Crippen LogP contribution >= 0.6 is 0 Å². The summed E-state index contributed by atoms with van der Waals surface area (Å²) in [7, 11) is 1.62. The van der Waals surface area contributed by atoms with E-state index in [1.807, 2.05) is 49.4 Å². The van der Waals surface area contributed by atoms with Crippen LogP contribution in [-0.4, -0.2) is 47.8 Å². The first-order valence-corrected chi connectivity index (χ1v) is 10.4. The Balaban J connectivity index is 1.27. The van der Waals surface area contributed by atoms with Crippen LogP contribution in [0.5, 0.6) is 5.75 Å². The monoisotopic (exact) mass is 433 g/mol. The molecule has 0 saturated carbocycles. The molecule has 1 unspecified atom stereocenters. The van der Waals surface area contributed by atoms with Crippen LogP contribution in [-0.2, 0) is 16.0 Å². The van der Waals surface area contributed by atoms with Gasteiger partial charge in [-0.2, -0.15) is 4.98 Å². The van der Waals surface area contributed by atoms with Crippen molar-refractivity contribution in [3.05, 3.63) is 65.7 Å². The number of carbonyl (C=O) groups is 1. The minimum atomic E-state index is -0.462. The van der Waals surface area contributed by atoms with Crippen molar-refractivity contribution >= 4 is 16.9 Å². The van der Waals surface area contributed by atoms with E-state index < -0.39 is 6.10 Å². The molecule has 0 spiro atoms. The van der Waals surface area contributed by atoms with Gasteiger partial charge in [0.1, 0.15) is 11.3 Å². The first-order valence-electron chi connectivity index (χ1n) is 10.4. The van der Waals surface area contributed by atoms with Gasteiger partial charge >= 0.3 is 0 Å². The molecule has 2 aromatic heterocycles. The molecule has 1 atom stereocenters. The van der Waals surface area contributed by atoms with Crippen molar-refractivity contribution in [3.8, 4) is 17.1 Å². The van der Waals surface area contributed by atoms with Gasteiger partial charge in [0, 0.05) is 23.1 Å². The van der Waals surface area contributed by atoms with E-state index in [2.05, 4.69) is 10.1 Å². The van der Waals surface area contributed by atoms with Gasteiger partial charge in [0.25, 0.3) is 5.89 Å². The molecule has 32 heavy (non-hydrogen) atoms. The fraction of sp³-hybridized carbons (Fsp3) is 0.292. The van der Waals surface area contributed by atoms with Crippen LogP contribution < -0.4 is 4.74 Å². The number of ether oxygens (including phenoxy) is 2. The van der Waals surface area contributed by atoms with Crippen LogP contribution in [0.3, 0.4) is 0 Å². The zero-order chi connectivity index (χ0) is 22.1. The van der Waals surface area contributed by atoms with E-state index >= 15 is 0 Å². The van der Waals surface area contributed by atoms with Crippen molar-refractivity contribution < 1.29 is 23.2 Å². The number of methoxy groups -OCH3 is 1. The number of carbonyl (C=O) groups excluding carboxylic acids is 1. The number of aromatic nitrogens is 2. The molecule has 8 heteroatoms. The molecule has 1 fully saturated rings. The van der Waals surface area contributed by atoms with Gasteiger partial charge in [-0.25, -0.2) is 0 Å². The van der Waals surface area contributed by atoms with Gasteiger partial charge in [0.2, 0.25) is 11.7 Å². The van der Waals surface area contributed by atoms with Gasteiger partial charge in [0.15, 0.2) is 6.10 Å². The quantitative estimate of drug-likeness (QED) is 0.471. The molecule has 0 radical (unpaired) electrons. The van der Waals surface area contributed by atoms with Crippen LogP contribution in [0.1, 0.15) is 23.1 Å². The van der Waals surface area contributed by atoms with E-state index in [1.54, 1.807) is 18.3 Å². The lowest BCUT2D eigenvalue weighted by atomic mass is 10.1. The second-order valence-corrected chi connectivity index (χ2v) is 7.82. The molecular weight excluding hydrogens is 410 g/mol. The molecule has 0 N–H and O–H groups in total. The third-order valence-corrected chi connectivity index (χ3v) is 5.64. The molecular formula is C24H23N3O5. The molecule has 1 aliphatic heterocycles. The van der Waals surface area contributed by atoms with Gasteiger partial charge in [-0.3, -0.25) is 4.79 Å². The van der Waals surface area contributed by atoms with Gasteiger partial charge in [-0.05, 0) is 42.8 Å². The maximum Gasteiger partial charge on any atom is 0.257 e. The zero-order valence-corrected chi connectivity index (χ0v) is 17.9. The van der Waals surface area contributed by atoms with Crippen molar-refractivity contribution in [2.45, 2.75) is 19.4 Å². The highest BCUT2D eigenvalue weighted by atomic mass is 16.5. The molecule has 164 valence electrons. The summed E-state index contributed by atoms with van der Waals surface area (Å²) in [6.45, 7) is 3.29. The number of furan rings is 1. The Morgan fingerprint density at radius 1 is 1.22 bits per heavy atom. The second kappa shape index (κ2) is 8.47. The molecule has 8 nitrogen and oxygen atoms in total. The zero-order valence-electron chi connectivity index (χ0n) is 17.9. The number of fused-ring (bicyclic) bond motifs is 1. The maximum atomic E-state index is 13.0. The number of hydrogen-bond donors (Lipinski definition) is 0. The van der Waals surface area contributed by atoms with Crippen molar-refractivity contribution in [2.75, 3.05) is 26.8 Å². The molecule has 0 bridgehead atoms. The molecule has 4 aromatic rings. The highest BCUT2D eigenvalue weighted by Crippen LogP contribution is 2.27. The number of aryl methyl sites for hydroxylation is 1. The van der Waals surface area contributed by atoms with E-state index in [1.165, 1.54) is 0 Å². The number of nitrogens with zero attached hydrogens (tertiary/aromatic N) is 3. The molecule has 1 saturated heterocycles. The third kappa shape index (κ3) is 3.97. The van der Waals surface area contributed by atoms with E-state index in [4.69, 9.17) is 18.4 Å². The number of benzene rings is 2. The van der Waals surface area contributed by atoms with Crippen LogP contribution in [0.2, 0.25) is 0 Å². The molecule has 1 amide bonds. The molecule has 3 heterocycles. The minimum absolute atomic E-state index is 0.0106. The van der Waals surface area contributed by atoms with Crippen molar-refractivity contribution in [1.29, 1.82) is 0 Å². The summed E-state index contributed by atoms with van der Waals surface area (Å²) in [6, 6.07) is 13.4. The van der Waals surface area contributed by atoms with Gasteiger partial charge < -0.3 is 23.3 Å². The third-order valence-electron chi connectivity index (χ3n) is 5.64. The lowest BCUT2D eigenvalue weighted by Crippen LogP contribution is -2.43. The highest BCUT2D eigenvalue weighted by molar-refractivity contribution is 5.88. The molecule has 1 aliphatic rings. The van der Waals surface area contributed by atoms with E-state index in [0.29, 0.717) is 31.4 Å². The predicted molar refractivity (Wildman–Crippen MR) is 116 cm³/mol. The van der Waals surface area contributed by atoms with Crippen LogP contribution in [0.4, 0.5) is 0 Å². The lowest BCUT2D eigenvalue weighted by Gasteiger charge is -2.31. The maximum absolute atomic E-state index is 13.0. The Morgan fingerprint density at radius 2 is 2.06 bits per heavy atom. The molecule has 0 aliphatic carbocycles. The smallest absolute Gasteiger partial charge is 0.257 e. The number of hydrogen-bond acceptors (Lipinski definition) is 7. The first-order chi connectivity index (χ1) is 15.6. The summed E-state index contributed by atoms with van der Waals surface area (Å²) >= 11 is 0. The summed E-state index contributed by atoms with van der Waals surface area (Å²) in [5, 5.41) is 5.03. The standard InChI is InChI=1S/C24H23N3O5/c1-15-3-8-19-17(14-31-20(19)11-15)12-22(28)27-9-10-30-21(13-27)24-25-23(26-32-24)16-4-6-18(29-2)7-5-16/h3-8,11,14,21H,9-10,12-13H2,1-2H3. The van der Waals surface area contributed by atoms with Crippen LogP contribution in [0.15, 0.2) is 57.7 Å². The minimum Gasteiger partial charge on any atom is -0.497 e. The summed E-state index contributed by atoms with van der Waals surface area (Å²) < 4.78 is 22.1. The van der Waals surface area contributed by atoms with Gasteiger partial charge in [0.05, 0.1) is 32.9 Å². The summed E-state index contributed by atoms with van der Waals surface area (Å²) in [5.74, 6) is 1.59. The number of rotatable bonds is 5. The molecule has 2 aromatic carbocycles. The average Bonchev–Trinajstić information content (AvgIpc) is 3.47. The van der Waals surface area contributed by atoms with Gasteiger partial charge in [-0.1, -0.05) is 17.3 Å². The van der Waals surface area contributed by atoms with Gasteiger partial charge in [-0.15, -0.1) is 0 Å². The van der Waals surface area contributed by atoms with Crippen LogP contribution in [0, 0.1) is 6.92 Å². The largest absolute Gasteiger partial charge is 0.497 e. The Kier molecular flexibility index (Phi) is 5.36. The number of amides is 1. The Labute approximate surface area is 184 Å². The Hall–Kier alpha value is -3.65. The normalized spacial score (nSPS) is 16.4. The van der Waals surface area contributed by atoms with Crippen molar-refractivity contribution in [3.63, 3.8) is 0 Å². The second-order valence-electron chi connectivity index (χ2n) is 7.82. The summed E-state index contributed by atoms with van der Waals surface area (Å²) in [6.07, 6.45) is 1.47. The highest BCUT2D eigenvalue weighted by Gasteiger charge is 2.30. The first kappa shape index (κ1) is 20.3. The lowest BCUT2D eigenvalue weighted by molar-refractivity contribution is -0.139. The van der Waals surface area contributed by atoms with Crippen LogP contribution in [0.25, 0.3) is 22.4 Å². The average molecular weight is 433 g/mol. The molecule has 5 rings (SSSR count). The number of morpholine rings is 1. The summed E-state index contributed by atoms with van der Waals surface area (Å²) in [5.41, 5.74) is 3.61. The van der Waals surface area contributed by atoms with E-state index in [-0.39, 0.29) is 12.3 Å². The predicted octanol–water partition coefficient (Wildman–Crippen LogP) is 3.94. The fourth-order valence-corrected chi connectivity index (χ4v) is 3.85. The summed E-state index contributed by atoms with van der Waals surface area (Å²) in [4.78, 5) is 19.2.